The fourth-order valence-electron chi connectivity index (χ4n) is 1.99. The number of hydrogen-bond donors (Lipinski definition) is 0. The molecule has 108 valence electrons. The Kier molecular flexibility index (Phi) is 4.72. The summed E-state index contributed by atoms with van der Waals surface area (Å²) in [4.78, 5) is 24.5. The maximum atomic E-state index is 12.6. The van der Waals surface area contributed by atoms with Crippen LogP contribution in [0.4, 0.5) is 0 Å². The largest absolute Gasteiger partial charge is 0.497 e. The zero-order chi connectivity index (χ0) is 15.2. The van der Waals surface area contributed by atoms with Gasteiger partial charge in [0.1, 0.15) is 5.75 Å². The standard InChI is InChI=1S/C17H16O4/c1-3-21-17(19)15-10-5-4-9-14(15)16(18)12-7-6-8-13(11-12)20-2/h4-11H,3H2,1-2H3. The Balaban J connectivity index is 2.41. The van der Waals surface area contributed by atoms with Crippen LogP contribution in [0.1, 0.15) is 33.2 Å². The van der Waals surface area contributed by atoms with E-state index in [1.807, 2.05) is 0 Å². The average Bonchev–Trinajstić information content (AvgIpc) is 2.54. The van der Waals surface area contributed by atoms with Gasteiger partial charge in [0.2, 0.25) is 0 Å². The van der Waals surface area contributed by atoms with Crippen LogP contribution in [0.3, 0.4) is 0 Å². The molecule has 4 heteroatoms. The summed E-state index contributed by atoms with van der Waals surface area (Å²) in [6.07, 6.45) is 0. The lowest BCUT2D eigenvalue weighted by Gasteiger charge is -2.08. The van der Waals surface area contributed by atoms with Gasteiger partial charge >= 0.3 is 5.97 Å². The van der Waals surface area contributed by atoms with Crippen molar-refractivity contribution >= 4 is 11.8 Å². The lowest BCUT2D eigenvalue weighted by atomic mass is 9.98. The second-order valence-electron chi connectivity index (χ2n) is 4.33. The van der Waals surface area contributed by atoms with Crippen molar-refractivity contribution in [1.82, 2.24) is 0 Å². The molecule has 4 nitrogen and oxygen atoms in total. The van der Waals surface area contributed by atoms with Gasteiger partial charge in [-0.15, -0.1) is 0 Å². The van der Waals surface area contributed by atoms with Crippen LogP contribution >= 0.6 is 0 Å². The van der Waals surface area contributed by atoms with Crippen LogP contribution in [0, 0.1) is 0 Å². The SMILES string of the molecule is CCOC(=O)c1ccccc1C(=O)c1cccc(OC)c1. The number of esters is 1. The van der Waals surface area contributed by atoms with Gasteiger partial charge in [0, 0.05) is 11.1 Å². The van der Waals surface area contributed by atoms with Crippen LogP contribution in [0.15, 0.2) is 48.5 Å². The van der Waals surface area contributed by atoms with Crippen molar-refractivity contribution < 1.29 is 19.1 Å². The number of rotatable bonds is 5. The van der Waals surface area contributed by atoms with E-state index in [-0.39, 0.29) is 18.0 Å². The first-order valence-corrected chi connectivity index (χ1v) is 6.62. The molecule has 0 bridgehead atoms. The second-order valence-corrected chi connectivity index (χ2v) is 4.33. The molecule has 0 unspecified atom stereocenters. The van der Waals surface area contributed by atoms with Crippen molar-refractivity contribution in [3.05, 3.63) is 65.2 Å². The van der Waals surface area contributed by atoms with E-state index in [2.05, 4.69) is 0 Å². The Morgan fingerprint density at radius 2 is 1.71 bits per heavy atom. The maximum Gasteiger partial charge on any atom is 0.338 e. The topological polar surface area (TPSA) is 52.6 Å². The quantitative estimate of drug-likeness (QED) is 0.625. The van der Waals surface area contributed by atoms with Gasteiger partial charge in [0.25, 0.3) is 0 Å². The highest BCUT2D eigenvalue weighted by Gasteiger charge is 2.19. The van der Waals surface area contributed by atoms with Crippen molar-refractivity contribution in [2.24, 2.45) is 0 Å². The molecule has 0 aliphatic rings. The van der Waals surface area contributed by atoms with Gasteiger partial charge in [-0.1, -0.05) is 30.3 Å². The molecule has 0 aliphatic heterocycles. The van der Waals surface area contributed by atoms with E-state index in [0.717, 1.165) is 0 Å². The summed E-state index contributed by atoms with van der Waals surface area (Å²) in [6.45, 7) is 1.99. The van der Waals surface area contributed by atoms with E-state index in [1.54, 1.807) is 55.5 Å². The third kappa shape index (κ3) is 3.28. The summed E-state index contributed by atoms with van der Waals surface area (Å²) in [5.41, 5.74) is 1.06. The van der Waals surface area contributed by atoms with Gasteiger partial charge in [-0.25, -0.2) is 4.79 Å². The highest BCUT2D eigenvalue weighted by molar-refractivity contribution is 6.14. The van der Waals surface area contributed by atoms with E-state index in [0.29, 0.717) is 16.9 Å². The smallest absolute Gasteiger partial charge is 0.338 e. The second kappa shape index (κ2) is 6.70. The Labute approximate surface area is 123 Å². The van der Waals surface area contributed by atoms with Crippen molar-refractivity contribution in [3.8, 4) is 5.75 Å². The van der Waals surface area contributed by atoms with E-state index >= 15 is 0 Å². The van der Waals surface area contributed by atoms with Crippen LogP contribution < -0.4 is 4.74 Å². The van der Waals surface area contributed by atoms with Crippen LogP contribution in [0.5, 0.6) is 5.75 Å². The van der Waals surface area contributed by atoms with Gasteiger partial charge in [0.05, 0.1) is 19.3 Å². The molecule has 2 aromatic carbocycles. The predicted octanol–water partition coefficient (Wildman–Crippen LogP) is 3.10. The third-order valence-electron chi connectivity index (χ3n) is 3.00. The van der Waals surface area contributed by atoms with E-state index in [1.165, 1.54) is 7.11 Å². The molecule has 0 spiro atoms. The first-order valence-electron chi connectivity index (χ1n) is 6.62. The lowest BCUT2D eigenvalue weighted by molar-refractivity contribution is 0.0523. The molecule has 21 heavy (non-hydrogen) atoms. The zero-order valence-corrected chi connectivity index (χ0v) is 12.0. The van der Waals surface area contributed by atoms with Crippen molar-refractivity contribution in [1.29, 1.82) is 0 Å². The zero-order valence-electron chi connectivity index (χ0n) is 12.0. The Morgan fingerprint density at radius 3 is 2.38 bits per heavy atom. The van der Waals surface area contributed by atoms with Crippen molar-refractivity contribution in [2.75, 3.05) is 13.7 Å². The fourth-order valence-corrected chi connectivity index (χ4v) is 1.99. The summed E-state index contributed by atoms with van der Waals surface area (Å²) in [5, 5.41) is 0. The molecule has 0 N–H and O–H groups in total. The normalized spacial score (nSPS) is 10.0. The van der Waals surface area contributed by atoms with Crippen LogP contribution in [0.25, 0.3) is 0 Å². The molecule has 0 aromatic heterocycles. The summed E-state index contributed by atoms with van der Waals surface area (Å²) in [7, 11) is 1.54. The Hall–Kier alpha value is -2.62. The number of hydrogen-bond acceptors (Lipinski definition) is 4. The Morgan fingerprint density at radius 1 is 1.00 bits per heavy atom. The van der Waals surface area contributed by atoms with Gasteiger partial charge < -0.3 is 9.47 Å². The number of carbonyl (C=O) groups excluding carboxylic acids is 2. The maximum absolute atomic E-state index is 12.6. The van der Waals surface area contributed by atoms with E-state index in [4.69, 9.17) is 9.47 Å². The molecule has 0 atom stereocenters. The molecule has 2 aromatic rings. The number of benzene rings is 2. The number of carbonyl (C=O) groups is 2. The predicted molar refractivity (Wildman–Crippen MR) is 78.8 cm³/mol. The highest BCUT2D eigenvalue weighted by Crippen LogP contribution is 2.19. The summed E-state index contributed by atoms with van der Waals surface area (Å²) >= 11 is 0. The third-order valence-corrected chi connectivity index (χ3v) is 3.00. The van der Waals surface area contributed by atoms with Crippen LogP contribution in [-0.4, -0.2) is 25.5 Å². The lowest BCUT2D eigenvalue weighted by Crippen LogP contribution is -2.12. The minimum absolute atomic E-state index is 0.238. The molecule has 0 radical (unpaired) electrons. The van der Waals surface area contributed by atoms with Gasteiger partial charge in [-0.2, -0.15) is 0 Å². The van der Waals surface area contributed by atoms with E-state index < -0.39 is 5.97 Å². The first kappa shape index (κ1) is 14.8. The molecular weight excluding hydrogens is 268 g/mol. The van der Waals surface area contributed by atoms with Crippen molar-refractivity contribution in [2.45, 2.75) is 6.92 Å². The molecular formula is C17H16O4. The Bertz CT molecular complexity index is 661. The minimum atomic E-state index is -0.496. The van der Waals surface area contributed by atoms with E-state index in [9.17, 15) is 9.59 Å². The molecule has 0 saturated carbocycles. The van der Waals surface area contributed by atoms with Gasteiger partial charge in [-0.3, -0.25) is 4.79 Å². The summed E-state index contributed by atoms with van der Waals surface area (Å²) in [6, 6.07) is 13.5. The summed E-state index contributed by atoms with van der Waals surface area (Å²) < 4.78 is 10.1. The molecule has 0 saturated heterocycles. The molecule has 2 rings (SSSR count). The fraction of sp³-hybridized carbons (Fsp3) is 0.176. The number of ketones is 1. The average molecular weight is 284 g/mol. The van der Waals surface area contributed by atoms with Crippen LogP contribution in [-0.2, 0) is 4.74 Å². The minimum Gasteiger partial charge on any atom is -0.497 e. The highest BCUT2D eigenvalue weighted by atomic mass is 16.5. The van der Waals surface area contributed by atoms with Crippen molar-refractivity contribution in [3.63, 3.8) is 0 Å². The van der Waals surface area contributed by atoms with Gasteiger partial charge in [-0.05, 0) is 25.1 Å². The number of methoxy groups -OCH3 is 1. The van der Waals surface area contributed by atoms with Crippen LogP contribution in [0.2, 0.25) is 0 Å². The van der Waals surface area contributed by atoms with Gasteiger partial charge in [0.15, 0.2) is 5.78 Å². The molecule has 0 aliphatic carbocycles. The first-order chi connectivity index (χ1) is 10.2. The summed E-state index contributed by atoms with van der Waals surface area (Å²) in [5.74, 6) is -0.142. The monoisotopic (exact) mass is 284 g/mol. The molecule has 0 heterocycles. The molecule has 0 fully saturated rings. The number of ether oxygens (including phenoxy) is 2. The molecule has 0 amide bonds.